The van der Waals surface area contributed by atoms with Crippen LogP contribution in [0.3, 0.4) is 0 Å². The topological polar surface area (TPSA) is 77.1 Å². The molecule has 3 fully saturated rings. The van der Waals surface area contributed by atoms with Crippen LogP contribution in [0.1, 0.15) is 55.3 Å². The molecule has 1 aliphatic carbocycles. The van der Waals surface area contributed by atoms with Crippen molar-refractivity contribution in [1.29, 1.82) is 0 Å². The number of anilines is 4. The Morgan fingerprint density at radius 3 is 2.67 bits per heavy atom. The number of ether oxygens (including phenoxy) is 1. The Hall–Kier alpha value is -2.58. The van der Waals surface area contributed by atoms with Gasteiger partial charge >= 0.3 is 0 Å². The number of hydrogen-bond donors (Lipinski definition) is 3. The van der Waals surface area contributed by atoms with Gasteiger partial charge in [0.15, 0.2) is 0 Å². The van der Waals surface area contributed by atoms with E-state index in [1.54, 1.807) is 0 Å². The lowest BCUT2D eigenvalue weighted by Crippen LogP contribution is -2.46. The van der Waals surface area contributed by atoms with Crippen LogP contribution < -0.4 is 24.6 Å². The van der Waals surface area contributed by atoms with Crippen molar-refractivity contribution in [1.82, 2.24) is 0 Å². The molecule has 1 saturated carbocycles. The van der Waals surface area contributed by atoms with Gasteiger partial charge in [0, 0.05) is 42.8 Å². The zero-order valence-corrected chi connectivity index (χ0v) is 21.6. The van der Waals surface area contributed by atoms with E-state index in [0.29, 0.717) is 29.4 Å². The second-order valence-electron chi connectivity index (χ2n) is 10.7. The summed E-state index contributed by atoms with van der Waals surface area (Å²) >= 11 is 1.47. The molecular formula is C28H36N4O3S. The number of piperidine rings is 2. The van der Waals surface area contributed by atoms with Crippen LogP contribution in [0, 0.1) is 5.41 Å². The second kappa shape index (κ2) is 10.1. The van der Waals surface area contributed by atoms with E-state index in [-0.39, 0.29) is 12.5 Å². The molecule has 1 spiro atoms. The number of fused-ring (bicyclic) bond motifs is 3. The minimum atomic E-state index is -0.0992. The van der Waals surface area contributed by atoms with Gasteiger partial charge in [-0.05, 0) is 80.7 Å². The quantitative estimate of drug-likeness (QED) is 0.354. The normalized spacial score (nSPS) is 21.9. The first-order chi connectivity index (χ1) is 17.6. The number of carbonyl (C=O) groups is 1. The Bertz CT molecular complexity index is 1110. The fraction of sp³-hybridized carbons (Fsp3) is 0.536. The molecule has 3 aliphatic heterocycles. The number of nitrogens with zero attached hydrogens (tertiary/aromatic N) is 2. The van der Waals surface area contributed by atoms with Gasteiger partial charge in [0.05, 0.1) is 29.6 Å². The monoisotopic (exact) mass is 508 g/mol. The third-order valence-corrected chi connectivity index (χ3v) is 9.10. The molecule has 0 bridgehead atoms. The summed E-state index contributed by atoms with van der Waals surface area (Å²) < 4.78 is 9.40. The van der Waals surface area contributed by atoms with Gasteiger partial charge in [-0.25, -0.2) is 0 Å². The summed E-state index contributed by atoms with van der Waals surface area (Å²) in [5.74, 6) is 1.37. The second-order valence-corrected chi connectivity index (χ2v) is 11.6. The zero-order valence-electron chi connectivity index (χ0n) is 20.8. The summed E-state index contributed by atoms with van der Waals surface area (Å²) in [5.41, 5.74) is 5.09. The van der Waals surface area contributed by atoms with Crippen molar-refractivity contribution in [3.8, 4) is 5.75 Å². The highest BCUT2D eigenvalue weighted by Gasteiger charge is 2.44. The maximum atomic E-state index is 13.5. The molecule has 3 heterocycles. The molecule has 8 heteroatoms. The summed E-state index contributed by atoms with van der Waals surface area (Å²) in [5, 5.41) is 12.2. The van der Waals surface area contributed by atoms with Crippen LogP contribution in [-0.2, 0) is 0 Å². The smallest absolute Gasteiger partial charge is 0.257 e. The highest BCUT2D eigenvalue weighted by atomic mass is 32.2. The third kappa shape index (κ3) is 4.85. The summed E-state index contributed by atoms with van der Waals surface area (Å²) in [6.07, 6.45) is 8.77. The highest BCUT2D eigenvalue weighted by molar-refractivity contribution is 8.00. The molecule has 0 aromatic heterocycles. The van der Waals surface area contributed by atoms with E-state index in [4.69, 9.17) is 9.84 Å². The van der Waals surface area contributed by atoms with Crippen molar-refractivity contribution >= 4 is 40.6 Å². The maximum Gasteiger partial charge on any atom is 0.257 e. The lowest BCUT2D eigenvalue weighted by Gasteiger charge is -2.41. The van der Waals surface area contributed by atoms with Gasteiger partial charge in [0.1, 0.15) is 12.4 Å². The minimum Gasteiger partial charge on any atom is -0.489 e. The molecule has 192 valence electrons. The first kappa shape index (κ1) is 23.8. The van der Waals surface area contributed by atoms with E-state index in [2.05, 4.69) is 32.0 Å². The van der Waals surface area contributed by atoms with Crippen LogP contribution in [-0.4, -0.2) is 55.7 Å². The highest BCUT2D eigenvalue weighted by Crippen LogP contribution is 2.54. The van der Waals surface area contributed by atoms with Crippen LogP contribution in [0.2, 0.25) is 0 Å². The van der Waals surface area contributed by atoms with Crippen molar-refractivity contribution in [3.05, 3.63) is 42.0 Å². The molecule has 2 saturated heterocycles. The van der Waals surface area contributed by atoms with Gasteiger partial charge in [-0.15, -0.1) is 0 Å². The Morgan fingerprint density at radius 2 is 1.86 bits per heavy atom. The van der Waals surface area contributed by atoms with E-state index in [1.165, 1.54) is 56.9 Å². The molecule has 2 aromatic carbocycles. The predicted molar refractivity (Wildman–Crippen MR) is 148 cm³/mol. The zero-order chi connectivity index (χ0) is 24.5. The SMILES string of the molecule is O=C(Nc1ccc2c(c1)OCC1CCCCN21)c1ccc(NSCCO)cc1N1CCC2(CC1)CC2. The van der Waals surface area contributed by atoms with Gasteiger partial charge in [0.2, 0.25) is 0 Å². The Kier molecular flexibility index (Phi) is 6.65. The van der Waals surface area contributed by atoms with Crippen LogP contribution >= 0.6 is 11.9 Å². The maximum absolute atomic E-state index is 13.5. The van der Waals surface area contributed by atoms with Crippen LogP contribution in [0.25, 0.3) is 0 Å². The number of carbonyl (C=O) groups excluding carboxylic acids is 1. The van der Waals surface area contributed by atoms with Gasteiger partial charge < -0.3 is 29.7 Å². The summed E-state index contributed by atoms with van der Waals surface area (Å²) in [7, 11) is 0. The first-order valence-electron chi connectivity index (χ1n) is 13.4. The van der Waals surface area contributed by atoms with Crippen molar-refractivity contribution < 1.29 is 14.6 Å². The lowest BCUT2D eigenvalue weighted by molar-refractivity contribution is 0.102. The van der Waals surface area contributed by atoms with E-state index in [0.717, 1.165) is 48.1 Å². The molecule has 4 aliphatic rings. The average Bonchev–Trinajstić information content (AvgIpc) is 3.67. The first-order valence-corrected chi connectivity index (χ1v) is 14.4. The molecule has 2 aromatic rings. The number of aliphatic hydroxyl groups excluding tert-OH is 1. The summed E-state index contributed by atoms with van der Waals surface area (Å²) in [4.78, 5) is 18.4. The minimum absolute atomic E-state index is 0.0992. The Labute approximate surface area is 217 Å². The van der Waals surface area contributed by atoms with E-state index in [1.807, 2.05) is 24.3 Å². The van der Waals surface area contributed by atoms with Crippen LogP contribution in [0.5, 0.6) is 5.75 Å². The Balaban J connectivity index is 1.21. The van der Waals surface area contributed by atoms with Crippen molar-refractivity contribution in [3.63, 3.8) is 0 Å². The number of rotatable bonds is 7. The standard InChI is InChI=1S/C28H36N4O3S/c33-15-16-36-30-21-4-6-23(25(17-21)31-13-10-28(8-9-28)11-14-31)27(34)29-20-5-7-24-26(18-20)35-19-22-3-1-2-12-32(22)24/h4-7,17-18,22,30,33H,1-3,8-16,19H2,(H,29,34). The molecule has 1 amide bonds. The number of amides is 1. The number of hydrogen-bond acceptors (Lipinski definition) is 7. The number of benzene rings is 2. The van der Waals surface area contributed by atoms with Gasteiger partial charge in [-0.2, -0.15) is 0 Å². The molecule has 7 nitrogen and oxygen atoms in total. The molecule has 1 unspecified atom stereocenters. The predicted octanol–water partition coefficient (Wildman–Crippen LogP) is 5.12. The molecular weight excluding hydrogens is 472 g/mol. The van der Waals surface area contributed by atoms with Crippen LogP contribution in [0.4, 0.5) is 22.7 Å². The van der Waals surface area contributed by atoms with Gasteiger partial charge in [-0.1, -0.05) is 11.9 Å². The number of nitrogens with one attached hydrogen (secondary N) is 2. The van der Waals surface area contributed by atoms with Gasteiger partial charge in [-0.3, -0.25) is 4.79 Å². The lowest BCUT2D eigenvalue weighted by atomic mass is 9.93. The van der Waals surface area contributed by atoms with Crippen LogP contribution in [0.15, 0.2) is 36.4 Å². The molecule has 3 N–H and O–H groups in total. The average molecular weight is 509 g/mol. The van der Waals surface area contributed by atoms with E-state index < -0.39 is 0 Å². The molecule has 6 rings (SSSR count). The number of aliphatic hydroxyl groups is 1. The third-order valence-electron chi connectivity index (χ3n) is 8.33. The Morgan fingerprint density at radius 1 is 1.03 bits per heavy atom. The molecule has 1 atom stereocenters. The van der Waals surface area contributed by atoms with Gasteiger partial charge in [0.25, 0.3) is 5.91 Å². The summed E-state index contributed by atoms with van der Waals surface area (Å²) in [6, 6.07) is 12.5. The fourth-order valence-electron chi connectivity index (χ4n) is 5.95. The fourth-order valence-corrected chi connectivity index (χ4v) is 6.43. The van der Waals surface area contributed by atoms with E-state index >= 15 is 0 Å². The molecule has 0 radical (unpaired) electrons. The van der Waals surface area contributed by atoms with E-state index in [9.17, 15) is 4.79 Å². The largest absolute Gasteiger partial charge is 0.489 e. The molecule has 36 heavy (non-hydrogen) atoms. The van der Waals surface area contributed by atoms with Crippen molar-refractivity contribution in [2.45, 2.75) is 51.0 Å². The summed E-state index contributed by atoms with van der Waals surface area (Å²) in [6.45, 7) is 3.88. The van der Waals surface area contributed by atoms with Crippen molar-refractivity contribution in [2.75, 3.05) is 58.4 Å². The van der Waals surface area contributed by atoms with Crippen molar-refractivity contribution in [2.24, 2.45) is 5.41 Å².